The van der Waals surface area contributed by atoms with Crippen LogP contribution in [0.1, 0.15) is 26.2 Å². The van der Waals surface area contributed by atoms with Crippen molar-refractivity contribution < 1.29 is 4.79 Å². The molecule has 0 heterocycles. The third-order valence-electron chi connectivity index (χ3n) is 1.17. The van der Waals surface area contributed by atoms with Crippen molar-refractivity contribution >= 4 is 5.78 Å². The van der Waals surface area contributed by atoms with E-state index in [-0.39, 0.29) is 0 Å². The van der Waals surface area contributed by atoms with Gasteiger partial charge in [0.2, 0.25) is 0 Å². The summed E-state index contributed by atoms with van der Waals surface area (Å²) in [5.74, 6) is 5.31. The van der Waals surface area contributed by atoms with Crippen molar-refractivity contribution in [2.75, 3.05) is 6.54 Å². The molecule has 0 saturated carbocycles. The van der Waals surface area contributed by atoms with Crippen molar-refractivity contribution in [2.24, 2.45) is 5.84 Å². The van der Waals surface area contributed by atoms with Crippen molar-refractivity contribution in [3.05, 3.63) is 0 Å². The summed E-state index contributed by atoms with van der Waals surface area (Å²) in [6, 6.07) is 0. The van der Waals surface area contributed by atoms with E-state index in [1.54, 1.807) is 0 Å². The average molecular weight is 130 g/mol. The fourth-order valence-electron chi connectivity index (χ4n) is 0.564. The lowest BCUT2D eigenvalue weighted by molar-refractivity contribution is -0.118. The highest BCUT2D eigenvalue weighted by Gasteiger charge is 1.94. The van der Waals surface area contributed by atoms with Gasteiger partial charge in [0.05, 0.1) is 0 Å². The van der Waals surface area contributed by atoms with Gasteiger partial charge in [-0.3, -0.25) is 16.1 Å². The van der Waals surface area contributed by atoms with Crippen LogP contribution in [0.5, 0.6) is 0 Å². The van der Waals surface area contributed by atoms with Crippen LogP contribution in [0.2, 0.25) is 0 Å². The molecule has 0 aromatic rings. The van der Waals surface area contributed by atoms with Gasteiger partial charge >= 0.3 is 0 Å². The monoisotopic (exact) mass is 130 g/mol. The number of hydrazine groups is 1. The van der Waals surface area contributed by atoms with E-state index in [9.17, 15) is 4.79 Å². The zero-order valence-corrected chi connectivity index (χ0v) is 5.81. The van der Waals surface area contributed by atoms with Crippen molar-refractivity contribution in [3.63, 3.8) is 0 Å². The smallest absolute Gasteiger partial charge is 0.132 e. The third kappa shape index (κ3) is 5.46. The molecule has 0 aromatic heterocycles. The molecule has 0 unspecified atom stereocenters. The van der Waals surface area contributed by atoms with Gasteiger partial charge < -0.3 is 0 Å². The van der Waals surface area contributed by atoms with Crippen LogP contribution in [0.25, 0.3) is 0 Å². The molecule has 0 aromatic carbocycles. The van der Waals surface area contributed by atoms with Crippen LogP contribution >= 0.6 is 0 Å². The molecular formula is C6H14N2O. The molecule has 0 aliphatic carbocycles. The van der Waals surface area contributed by atoms with Gasteiger partial charge in [0, 0.05) is 19.4 Å². The Morgan fingerprint density at radius 2 is 2.33 bits per heavy atom. The minimum Gasteiger partial charge on any atom is -0.300 e. The summed E-state index contributed by atoms with van der Waals surface area (Å²) in [6.45, 7) is 2.60. The summed E-state index contributed by atoms with van der Waals surface area (Å²) in [5, 5.41) is 0. The predicted octanol–water partition coefficient (Wildman–Crippen LogP) is 0.209. The van der Waals surface area contributed by atoms with Gasteiger partial charge in [-0.15, -0.1) is 0 Å². The van der Waals surface area contributed by atoms with Gasteiger partial charge in [-0.25, -0.2) is 0 Å². The molecule has 0 saturated heterocycles. The second-order valence-corrected chi connectivity index (χ2v) is 1.95. The van der Waals surface area contributed by atoms with Gasteiger partial charge in [0.1, 0.15) is 5.78 Å². The summed E-state index contributed by atoms with van der Waals surface area (Å²) in [7, 11) is 0. The molecule has 0 spiro atoms. The first-order valence-corrected chi connectivity index (χ1v) is 3.26. The number of ketones is 1. The van der Waals surface area contributed by atoms with Gasteiger partial charge in [0.25, 0.3) is 0 Å². The van der Waals surface area contributed by atoms with Gasteiger partial charge in [-0.05, 0) is 6.42 Å². The fraction of sp³-hybridized carbons (Fsp3) is 0.833. The Hall–Kier alpha value is -0.410. The molecule has 3 nitrogen and oxygen atoms in total. The number of Topliss-reactive ketones (excluding diaryl/α,β-unsaturated/α-hetero) is 1. The van der Waals surface area contributed by atoms with E-state index in [1.165, 1.54) is 0 Å². The molecule has 0 fully saturated rings. The number of hydrogen-bond donors (Lipinski definition) is 2. The summed E-state index contributed by atoms with van der Waals surface area (Å²) in [5.41, 5.74) is 2.49. The molecule has 0 rings (SSSR count). The van der Waals surface area contributed by atoms with Gasteiger partial charge in [-0.2, -0.15) is 0 Å². The summed E-state index contributed by atoms with van der Waals surface area (Å²) in [6.07, 6.45) is 2.15. The molecule has 9 heavy (non-hydrogen) atoms. The highest BCUT2D eigenvalue weighted by Crippen LogP contribution is 1.91. The molecule has 0 radical (unpaired) electrons. The molecular weight excluding hydrogens is 116 g/mol. The van der Waals surface area contributed by atoms with E-state index in [0.717, 1.165) is 13.0 Å². The minimum absolute atomic E-state index is 0.310. The Bertz CT molecular complexity index is 83.1. The number of hydrogen-bond acceptors (Lipinski definition) is 3. The van der Waals surface area contributed by atoms with Crippen LogP contribution in [0.4, 0.5) is 0 Å². The Morgan fingerprint density at radius 3 is 2.78 bits per heavy atom. The van der Waals surface area contributed by atoms with Crippen molar-refractivity contribution in [2.45, 2.75) is 26.2 Å². The lowest BCUT2D eigenvalue weighted by Crippen LogP contribution is -2.23. The van der Waals surface area contributed by atoms with Crippen LogP contribution in [0.3, 0.4) is 0 Å². The fourth-order valence-corrected chi connectivity index (χ4v) is 0.564. The van der Waals surface area contributed by atoms with Crippen molar-refractivity contribution in [3.8, 4) is 0 Å². The Kier molecular flexibility index (Phi) is 5.46. The molecule has 0 bridgehead atoms. The van der Waals surface area contributed by atoms with E-state index < -0.39 is 0 Å². The standard InChI is InChI=1S/C6H14N2O/c1-2-6(9)4-3-5-8-7/h8H,2-5,7H2,1H3. The maximum absolute atomic E-state index is 10.6. The van der Waals surface area contributed by atoms with E-state index in [1.807, 2.05) is 6.92 Å². The molecule has 0 aliphatic rings. The number of carbonyl (C=O) groups excluding carboxylic acids is 1. The Morgan fingerprint density at radius 1 is 1.67 bits per heavy atom. The Balaban J connectivity index is 2.97. The highest BCUT2D eigenvalue weighted by atomic mass is 16.1. The van der Waals surface area contributed by atoms with Crippen LogP contribution in [0.15, 0.2) is 0 Å². The second kappa shape index (κ2) is 5.72. The summed E-state index contributed by atoms with van der Waals surface area (Å²) in [4.78, 5) is 10.6. The predicted molar refractivity (Wildman–Crippen MR) is 36.7 cm³/mol. The lowest BCUT2D eigenvalue weighted by Gasteiger charge is -1.95. The maximum Gasteiger partial charge on any atom is 0.132 e. The SMILES string of the molecule is CCC(=O)CCCNN. The molecule has 0 aliphatic heterocycles. The van der Waals surface area contributed by atoms with Crippen LogP contribution in [0, 0.1) is 0 Å². The van der Waals surface area contributed by atoms with Crippen molar-refractivity contribution in [1.82, 2.24) is 5.43 Å². The van der Waals surface area contributed by atoms with E-state index >= 15 is 0 Å². The molecule has 3 N–H and O–H groups in total. The second-order valence-electron chi connectivity index (χ2n) is 1.95. The van der Waals surface area contributed by atoms with Crippen LogP contribution in [-0.4, -0.2) is 12.3 Å². The topological polar surface area (TPSA) is 55.1 Å². The highest BCUT2D eigenvalue weighted by molar-refractivity contribution is 5.77. The molecule has 0 atom stereocenters. The van der Waals surface area contributed by atoms with E-state index in [4.69, 9.17) is 5.84 Å². The van der Waals surface area contributed by atoms with Gasteiger partial charge in [0.15, 0.2) is 0 Å². The van der Waals surface area contributed by atoms with Crippen LogP contribution < -0.4 is 11.3 Å². The first kappa shape index (κ1) is 8.59. The maximum atomic E-state index is 10.6. The molecule has 0 amide bonds. The first-order valence-electron chi connectivity index (χ1n) is 3.26. The summed E-state index contributed by atoms with van der Waals surface area (Å²) < 4.78 is 0. The number of nitrogens with two attached hydrogens (primary N) is 1. The van der Waals surface area contributed by atoms with Crippen LogP contribution in [-0.2, 0) is 4.79 Å². The van der Waals surface area contributed by atoms with Gasteiger partial charge in [-0.1, -0.05) is 6.92 Å². The number of nitrogens with one attached hydrogen (secondary N) is 1. The first-order chi connectivity index (χ1) is 4.31. The average Bonchev–Trinajstić information content (AvgIpc) is 1.89. The normalized spacial score (nSPS) is 9.56. The summed E-state index contributed by atoms with van der Waals surface area (Å²) >= 11 is 0. The third-order valence-corrected chi connectivity index (χ3v) is 1.17. The van der Waals surface area contributed by atoms with Crippen molar-refractivity contribution in [1.29, 1.82) is 0 Å². The zero-order valence-electron chi connectivity index (χ0n) is 5.81. The molecule has 3 heteroatoms. The number of rotatable bonds is 5. The lowest BCUT2D eigenvalue weighted by atomic mass is 10.2. The minimum atomic E-state index is 0.310. The molecule has 54 valence electrons. The number of carbonyl (C=O) groups is 1. The van der Waals surface area contributed by atoms with E-state index in [0.29, 0.717) is 18.6 Å². The van der Waals surface area contributed by atoms with E-state index in [2.05, 4.69) is 5.43 Å². The Labute approximate surface area is 55.6 Å². The largest absolute Gasteiger partial charge is 0.300 e. The zero-order chi connectivity index (χ0) is 7.11. The quantitative estimate of drug-likeness (QED) is 0.318.